The highest BCUT2D eigenvalue weighted by Crippen LogP contribution is 2.25. The van der Waals surface area contributed by atoms with Crippen molar-refractivity contribution in [2.75, 3.05) is 0 Å². The zero-order chi connectivity index (χ0) is 17.4. The van der Waals surface area contributed by atoms with E-state index in [9.17, 15) is 14.7 Å². The van der Waals surface area contributed by atoms with Gasteiger partial charge in [-0.25, -0.2) is 4.79 Å². The quantitative estimate of drug-likeness (QED) is 0.461. The maximum Gasteiger partial charge on any atom is 0.331 e. The van der Waals surface area contributed by atoms with Crippen molar-refractivity contribution in [1.82, 2.24) is 5.32 Å². The molecule has 0 saturated heterocycles. The summed E-state index contributed by atoms with van der Waals surface area (Å²) in [5, 5.41) is 22.0. The predicted octanol–water partition coefficient (Wildman–Crippen LogP) is 1.23. The topological polar surface area (TPSA) is 95.9 Å². The smallest absolute Gasteiger partial charge is 0.331 e. The molecular formula is C17H25NO5. The molecule has 0 aromatic carbocycles. The van der Waals surface area contributed by atoms with E-state index < -0.39 is 24.2 Å². The Morgan fingerprint density at radius 1 is 1.57 bits per heavy atom. The van der Waals surface area contributed by atoms with E-state index in [1.807, 2.05) is 6.92 Å². The Bertz CT molecular complexity index is 494. The molecule has 3 N–H and O–H groups in total. The maximum absolute atomic E-state index is 11.3. The molecule has 128 valence electrons. The number of hydrogen-bond acceptors (Lipinski definition) is 4. The molecule has 0 spiro atoms. The van der Waals surface area contributed by atoms with Gasteiger partial charge in [-0.1, -0.05) is 6.92 Å². The van der Waals surface area contributed by atoms with E-state index in [0.717, 1.165) is 19.3 Å². The highest BCUT2D eigenvalue weighted by molar-refractivity contribution is 5.87. The largest absolute Gasteiger partial charge is 0.478 e. The molecule has 0 aliphatic heterocycles. The molecule has 0 aromatic rings. The summed E-state index contributed by atoms with van der Waals surface area (Å²) in [5.41, 5.74) is 0.0996. The number of unbranched alkanes of at least 4 members (excludes halogenated alkanes) is 1. The van der Waals surface area contributed by atoms with Crippen molar-refractivity contribution in [3.8, 4) is 12.3 Å². The van der Waals surface area contributed by atoms with Gasteiger partial charge in [-0.05, 0) is 25.3 Å². The van der Waals surface area contributed by atoms with Gasteiger partial charge in [0.05, 0.1) is 24.4 Å². The van der Waals surface area contributed by atoms with Gasteiger partial charge in [-0.2, -0.15) is 0 Å². The molecule has 0 aromatic heterocycles. The molecule has 0 heterocycles. The van der Waals surface area contributed by atoms with Gasteiger partial charge in [-0.3, -0.25) is 4.79 Å². The molecule has 0 bridgehead atoms. The zero-order valence-electron chi connectivity index (χ0n) is 13.6. The average molecular weight is 323 g/mol. The standard InChI is InChI=1S/C17H25NO5/c1-4-6-7-8-13(5-2)23-15-10-12(17(21)22)9-14(20)16(15)18-11(3)19/h1,9,13-16,20H,5-8,10H2,2-3H3,(H,18,19)(H,21,22)/t13-,14-,15+,16+/m0/s1. The van der Waals surface area contributed by atoms with Crippen LogP contribution < -0.4 is 5.32 Å². The van der Waals surface area contributed by atoms with Crippen molar-refractivity contribution in [3.63, 3.8) is 0 Å². The lowest BCUT2D eigenvalue weighted by Gasteiger charge is -2.36. The second kappa shape index (κ2) is 9.33. The van der Waals surface area contributed by atoms with Gasteiger partial charge in [0.25, 0.3) is 0 Å². The van der Waals surface area contributed by atoms with E-state index in [-0.39, 0.29) is 24.0 Å². The molecule has 1 rings (SSSR count). The number of carbonyl (C=O) groups excluding carboxylic acids is 1. The first-order chi connectivity index (χ1) is 10.9. The minimum absolute atomic E-state index is 0.0926. The Morgan fingerprint density at radius 3 is 2.78 bits per heavy atom. The van der Waals surface area contributed by atoms with Crippen molar-refractivity contribution < 1.29 is 24.5 Å². The summed E-state index contributed by atoms with van der Waals surface area (Å²) in [4.78, 5) is 22.5. The van der Waals surface area contributed by atoms with Crippen LogP contribution in [-0.4, -0.2) is 46.4 Å². The highest BCUT2D eigenvalue weighted by Gasteiger charge is 2.36. The van der Waals surface area contributed by atoms with Gasteiger partial charge in [0.15, 0.2) is 0 Å². The van der Waals surface area contributed by atoms with Crippen LogP contribution in [0, 0.1) is 12.3 Å². The van der Waals surface area contributed by atoms with Crippen molar-refractivity contribution >= 4 is 11.9 Å². The number of amides is 1. The number of carboxylic acid groups (broad SMARTS) is 1. The second-order valence-corrected chi connectivity index (χ2v) is 5.72. The van der Waals surface area contributed by atoms with Crippen molar-refractivity contribution in [2.45, 2.75) is 70.3 Å². The van der Waals surface area contributed by atoms with Gasteiger partial charge in [0, 0.05) is 25.3 Å². The van der Waals surface area contributed by atoms with Crippen LogP contribution in [0.2, 0.25) is 0 Å². The fourth-order valence-electron chi connectivity index (χ4n) is 2.69. The molecular weight excluding hydrogens is 298 g/mol. The van der Waals surface area contributed by atoms with E-state index >= 15 is 0 Å². The minimum atomic E-state index is -1.09. The molecule has 1 aliphatic rings. The number of carbonyl (C=O) groups is 2. The van der Waals surface area contributed by atoms with Crippen LogP contribution in [0.5, 0.6) is 0 Å². The van der Waals surface area contributed by atoms with Gasteiger partial charge < -0.3 is 20.3 Å². The lowest BCUT2D eigenvalue weighted by atomic mass is 9.89. The summed E-state index contributed by atoms with van der Waals surface area (Å²) in [6.07, 6.45) is 7.86. The number of aliphatic hydroxyl groups is 1. The Hall–Kier alpha value is -1.84. The Labute approximate surface area is 136 Å². The van der Waals surface area contributed by atoms with Gasteiger partial charge >= 0.3 is 5.97 Å². The fraction of sp³-hybridized carbons (Fsp3) is 0.647. The number of nitrogens with one attached hydrogen (secondary N) is 1. The first-order valence-electron chi connectivity index (χ1n) is 7.87. The average Bonchev–Trinajstić information content (AvgIpc) is 2.48. The van der Waals surface area contributed by atoms with Crippen molar-refractivity contribution in [2.24, 2.45) is 0 Å². The Balaban J connectivity index is 2.84. The summed E-state index contributed by atoms with van der Waals surface area (Å²) in [6.45, 7) is 3.32. The zero-order valence-corrected chi connectivity index (χ0v) is 13.6. The molecule has 0 fully saturated rings. The normalized spacial score (nSPS) is 25.1. The summed E-state index contributed by atoms with van der Waals surface area (Å²) in [6, 6.07) is -0.655. The Kier molecular flexibility index (Phi) is 7.79. The molecule has 4 atom stereocenters. The lowest BCUT2D eigenvalue weighted by molar-refractivity contribution is -0.134. The molecule has 0 saturated carbocycles. The third kappa shape index (κ3) is 6.05. The van der Waals surface area contributed by atoms with Gasteiger partial charge in [0.1, 0.15) is 0 Å². The first kappa shape index (κ1) is 19.2. The van der Waals surface area contributed by atoms with Crippen LogP contribution in [0.3, 0.4) is 0 Å². The lowest BCUT2D eigenvalue weighted by Crippen LogP contribution is -2.54. The van der Waals surface area contributed by atoms with Crippen molar-refractivity contribution in [3.05, 3.63) is 11.6 Å². The minimum Gasteiger partial charge on any atom is -0.478 e. The second-order valence-electron chi connectivity index (χ2n) is 5.72. The predicted molar refractivity (Wildman–Crippen MR) is 85.6 cm³/mol. The van der Waals surface area contributed by atoms with Crippen LogP contribution in [0.1, 0.15) is 46.0 Å². The third-order valence-corrected chi connectivity index (χ3v) is 3.88. The van der Waals surface area contributed by atoms with Crippen LogP contribution in [0.15, 0.2) is 11.6 Å². The number of aliphatic carboxylic acids is 1. The maximum atomic E-state index is 11.3. The molecule has 23 heavy (non-hydrogen) atoms. The summed E-state index contributed by atoms with van der Waals surface area (Å²) < 4.78 is 6.00. The fourth-order valence-corrected chi connectivity index (χ4v) is 2.69. The van der Waals surface area contributed by atoms with E-state index in [1.54, 1.807) is 0 Å². The molecule has 1 aliphatic carbocycles. The Morgan fingerprint density at radius 2 is 2.26 bits per heavy atom. The van der Waals surface area contributed by atoms with E-state index in [1.165, 1.54) is 13.0 Å². The molecule has 6 nitrogen and oxygen atoms in total. The number of carboxylic acids is 1. The number of rotatable bonds is 8. The third-order valence-electron chi connectivity index (χ3n) is 3.88. The van der Waals surface area contributed by atoms with E-state index in [4.69, 9.17) is 16.3 Å². The molecule has 6 heteroatoms. The van der Waals surface area contributed by atoms with Crippen LogP contribution in [0.4, 0.5) is 0 Å². The number of terminal acetylenes is 1. The summed E-state index contributed by atoms with van der Waals surface area (Å²) in [7, 11) is 0. The van der Waals surface area contributed by atoms with E-state index in [2.05, 4.69) is 11.2 Å². The monoisotopic (exact) mass is 323 g/mol. The number of ether oxygens (including phenoxy) is 1. The van der Waals surface area contributed by atoms with Crippen molar-refractivity contribution in [1.29, 1.82) is 0 Å². The summed E-state index contributed by atoms with van der Waals surface area (Å²) in [5.74, 6) is 1.20. The number of hydrogen-bond donors (Lipinski definition) is 3. The van der Waals surface area contributed by atoms with Gasteiger partial charge in [0.2, 0.25) is 5.91 Å². The van der Waals surface area contributed by atoms with E-state index in [0.29, 0.717) is 6.42 Å². The molecule has 1 amide bonds. The van der Waals surface area contributed by atoms with Gasteiger partial charge in [-0.15, -0.1) is 12.3 Å². The summed E-state index contributed by atoms with van der Waals surface area (Å²) >= 11 is 0. The van der Waals surface area contributed by atoms with Crippen LogP contribution in [0.25, 0.3) is 0 Å². The van der Waals surface area contributed by atoms with Crippen LogP contribution in [-0.2, 0) is 14.3 Å². The highest BCUT2D eigenvalue weighted by atomic mass is 16.5. The molecule has 0 unspecified atom stereocenters. The number of aliphatic hydroxyl groups excluding tert-OH is 1. The molecule has 0 radical (unpaired) electrons. The SMILES string of the molecule is C#CCCC[C@H](CC)O[C@@H]1CC(C(=O)O)=C[C@H](O)[C@H]1NC(C)=O. The first-order valence-corrected chi connectivity index (χ1v) is 7.87. The van der Waals surface area contributed by atoms with Crippen LogP contribution >= 0.6 is 0 Å².